The van der Waals surface area contributed by atoms with Gasteiger partial charge >= 0.3 is 0 Å². The molecule has 0 amide bonds. The largest absolute Gasteiger partial charge is 0.370 e. The number of anilines is 1. The zero-order chi connectivity index (χ0) is 10.7. The molecule has 0 radical (unpaired) electrons. The molecule has 2 rings (SSSR count). The third kappa shape index (κ3) is 2.44. The van der Waals surface area contributed by atoms with Crippen molar-refractivity contribution in [3.63, 3.8) is 0 Å². The maximum absolute atomic E-state index is 4.18. The van der Waals surface area contributed by atoms with Gasteiger partial charge in [-0.1, -0.05) is 0 Å². The Kier molecular flexibility index (Phi) is 3.14. The zero-order valence-corrected chi connectivity index (χ0v) is 10.3. The molecule has 0 aliphatic carbocycles. The van der Waals surface area contributed by atoms with Crippen molar-refractivity contribution < 1.29 is 0 Å². The highest BCUT2D eigenvalue weighted by atomic mass is 127. The van der Waals surface area contributed by atoms with Gasteiger partial charge in [0.25, 0.3) is 0 Å². The van der Waals surface area contributed by atoms with E-state index < -0.39 is 0 Å². The zero-order valence-electron chi connectivity index (χ0n) is 8.18. The first-order chi connectivity index (χ1) is 7.29. The first kappa shape index (κ1) is 10.3. The monoisotopic (exact) mass is 315 g/mol. The summed E-state index contributed by atoms with van der Waals surface area (Å²) in [5.41, 5.74) is 0. The van der Waals surface area contributed by atoms with Gasteiger partial charge in [0.2, 0.25) is 0 Å². The van der Waals surface area contributed by atoms with Crippen LogP contribution in [0.3, 0.4) is 0 Å². The van der Waals surface area contributed by atoms with Gasteiger partial charge in [0, 0.05) is 18.8 Å². The van der Waals surface area contributed by atoms with Gasteiger partial charge < -0.3 is 5.32 Å². The third-order valence-corrected chi connectivity index (χ3v) is 2.35. The van der Waals surface area contributed by atoms with Crippen LogP contribution < -0.4 is 5.32 Å². The van der Waals surface area contributed by atoms with Gasteiger partial charge in [-0.15, -0.1) is 0 Å². The number of nitrogens with one attached hydrogen (secondary N) is 1. The summed E-state index contributed by atoms with van der Waals surface area (Å²) in [5.74, 6) is 1.58. The number of rotatable bonds is 3. The van der Waals surface area contributed by atoms with Gasteiger partial charge in [-0.3, -0.25) is 0 Å². The topological polar surface area (TPSA) is 55.6 Å². The van der Waals surface area contributed by atoms with Crippen LogP contribution in [0, 0.1) is 3.57 Å². The molecule has 0 bridgehead atoms. The molecule has 6 heteroatoms. The van der Waals surface area contributed by atoms with E-state index in [-0.39, 0.29) is 0 Å². The standard InChI is InChI=1S/C9H10IN5/c1-2-11-8-3-9(13-6-12-8)15-5-7(10)4-14-15/h3-6H,2H2,1H3,(H,11,12,13). The molecule has 0 aliphatic rings. The second-order valence-electron chi connectivity index (χ2n) is 2.89. The molecule has 0 fully saturated rings. The van der Waals surface area contributed by atoms with Crippen LogP contribution in [0.1, 0.15) is 6.92 Å². The van der Waals surface area contributed by atoms with Crippen molar-refractivity contribution in [3.05, 3.63) is 28.4 Å². The Labute approximate surface area is 101 Å². The summed E-state index contributed by atoms with van der Waals surface area (Å²) in [6, 6.07) is 1.87. The SMILES string of the molecule is CCNc1cc(-n2cc(I)cn2)ncn1. The highest BCUT2D eigenvalue weighted by Crippen LogP contribution is 2.10. The first-order valence-corrected chi connectivity index (χ1v) is 5.64. The maximum atomic E-state index is 4.18. The molecule has 2 aromatic heterocycles. The van der Waals surface area contributed by atoms with E-state index in [2.05, 4.69) is 43.0 Å². The van der Waals surface area contributed by atoms with Crippen LogP contribution >= 0.6 is 22.6 Å². The highest BCUT2D eigenvalue weighted by molar-refractivity contribution is 14.1. The lowest BCUT2D eigenvalue weighted by Gasteiger charge is -2.03. The predicted octanol–water partition coefficient (Wildman–Crippen LogP) is 1.70. The van der Waals surface area contributed by atoms with Crippen molar-refractivity contribution in [2.24, 2.45) is 0 Å². The third-order valence-electron chi connectivity index (χ3n) is 1.80. The summed E-state index contributed by atoms with van der Waals surface area (Å²) >= 11 is 2.21. The average molecular weight is 315 g/mol. The molecular formula is C9H10IN5. The van der Waals surface area contributed by atoms with Crippen molar-refractivity contribution in [3.8, 4) is 5.82 Å². The molecular weight excluding hydrogens is 305 g/mol. The Morgan fingerprint density at radius 2 is 2.33 bits per heavy atom. The van der Waals surface area contributed by atoms with E-state index in [0.717, 1.165) is 21.8 Å². The molecule has 0 unspecified atom stereocenters. The van der Waals surface area contributed by atoms with E-state index in [1.165, 1.54) is 6.33 Å². The quantitative estimate of drug-likeness (QED) is 0.876. The molecule has 0 aromatic carbocycles. The van der Waals surface area contributed by atoms with E-state index in [1.54, 1.807) is 10.9 Å². The maximum Gasteiger partial charge on any atom is 0.158 e. The Bertz CT molecular complexity index is 453. The smallest absolute Gasteiger partial charge is 0.158 e. The Balaban J connectivity index is 2.32. The second kappa shape index (κ2) is 4.56. The lowest BCUT2D eigenvalue weighted by molar-refractivity contribution is 0.839. The van der Waals surface area contributed by atoms with Crippen LogP contribution in [0.15, 0.2) is 24.8 Å². The molecule has 0 aliphatic heterocycles. The normalized spacial score (nSPS) is 10.3. The molecule has 0 atom stereocenters. The molecule has 2 heterocycles. The lowest BCUT2D eigenvalue weighted by atomic mass is 10.5. The minimum atomic E-state index is 0.767. The molecule has 0 spiro atoms. The number of halogens is 1. The van der Waals surface area contributed by atoms with Crippen LogP contribution in [0.4, 0.5) is 5.82 Å². The number of hydrogen-bond donors (Lipinski definition) is 1. The van der Waals surface area contributed by atoms with Crippen molar-refractivity contribution in [1.29, 1.82) is 0 Å². The average Bonchev–Trinajstić information content (AvgIpc) is 2.66. The fraction of sp³-hybridized carbons (Fsp3) is 0.222. The summed E-state index contributed by atoms with van der Waals surface area (Å²) in [4.78, 5) is 8.25. The van der Waals surface area contributed by atoms with Crippen molar-refractivity contribution in [2.75, 3.05) is 11.9 Å². The van der Waals surface area contributed by atoms with Crippen LogP contribution in [-0.4, -0.2) is 26.3 Å². The molecule has 15 heavy (non-hydrogen) atoms. The van der Waals surface area contributed by atoms with Crippen molar-refractivity contribution in [2.45, 2.75) is 6.92 Å². The number of nitrogens with zero attached hydrogens (tertiary/aromatic N) is 4. The van der Waals surface area contributed by atoms with E-state index in [4.69, 9.17) is 0 Å². The van der Waals surface area contributed by atoms with Crippen LogP contribution in [-0.2, 0) is 0 Å². The molecule has 2 aromatic rings. The minimum Gasteiger partial charge on any atom is -0.370 e. The highest BCUT2D eigenvalue weighted by Gasteiger charge is 2.01. The fourth-order valence-electron chi connectivity index (χ4n) is 1.18. The predicted molar refractivity (Wildman–Crippen MR) is 66.0 cm³/mol. The van der Waals surface area contributed by atoms with Crippen LogP contribution in [0.2, 0.25) is 0 Å². The van der Waals surface area contributed by atoms with Crippen molar-refractivity contribution in [1.82, 2.24) is 19.7 Å². The number of aromatic nitrogens is 4. The van der Waals surface area contributed by atoms with E-state index >= 15 is 0 Å². The summed E-state index contributed by atoms with van der Waals surface area (Å²) in [7, 11) is 0. The Morgan fingerprint density at radius 1 is 1.47 bits per heavy atom. The lowest BCUT2D eigenvalue weighted by Crippen LogP contribution is -2.03. The van der Waals surface area contributed by atoms with E-state index in [0.29, 0.717) is 0 Å². The molecule has 5 nitrogen and oxygen atoms in total. The van der Waals surface area contributed by atoms with Gasteiger partial charge in [0.1, 0.15) is 12.1 Å². The van der Waals surface area contributed by atoms with Gasteiger partial charge in [-0.25, -0.2) is 14.6 Å². The minimum absolute atomic E-state index is 0.767. The molecule has 0 saturated heterocycles. The van der Waals surface area contributed by atoms with Crippen LogP contribution in [0.25, 0.3) is 5.82 Å². The van der Waals surface area contributed by atoms with E-state index in [9.17, 15) is 0 Å². The Hall–Kier alpha value is -1.18. The number of hydrogen-bond acceptors (Lipinski definition) is 4. The summed E-state index contributed by atoms with van der Waals surface area (Å²) in [6.45, 7) is 2.87. The summed E-state index contributed by atoms with van der Waals surface area (Å²) in [6.07, 6.45) is 5.23. The van der Waals surface area contributed by atoms with E-state index in [1.807, 2.05) is 19.2 Å². The first-order valence-electron chi connectivity index (χ1n) is 4.56. The molecule has 1 N–H and O–H groups in total. The van der Waals surface area contributed by atoms with Gasteiger partial charge in [-0.05, 0) is 29.5 Å². The summed E-state index contributed by atoms with van der Waals surface area (Å²) in [5, 5.41) is 7.31. The van der Waals surface area contributed by atoms with Gasteiger partial charge in [0.15, 0.2) is 5.82 Å². The molecule has 78 valence electrons. The van der Waals surface area contributed by atoms with Gasteiger partial charge in [0.05, 0.1) is 9.77 Å². The fourth-order valence-corrected chi connectivity index (χ4v) is 1.56. The Morgan fingerprint density at radius 3 is 3.00 bits per heavy atom. The van der Waals surface area contributed by atoms with Crippen LogP contribution in [0.5, 0.6) is 0 Å². The summed E-state index contributed by atoms with van der Waals surface area (Å²) < 4.78 is 2.81. The van der Waals surface area contributed by atoms with Gasteiger partial charge in [-0.2, -0.15) is 5.10 Å². The molecule has 0 saturated carbocycles. The second-order valence-corrected chi connectivity index (χ2v) is 4.14. The van der Waals surface area contributed by atoms with Crippen molar-refractivity contribution >= 4 is 28.4 Å².